The van der Waals surface area contributed by atoms with Gasteiger partial charge in [0.15, 0.2) is 0 Å². The molecular formula is C14H10BrFN2O. The van der Waals surface area contributed by atoms with Gasteiger partial charge in [0.1, 0.15) is 17.6 Å². The van der Waals surface area contributed by atoms with Gasteiger partial charge in [-0.3, -0.25) is 0 Å². The van der Waals surface area contributed by atoms with E-state index < -0.39 is 5.82 Å². The number of nitrogens with zero attached hydrogens (tertiary/aromatic N) is 1. The summed E-state index contributed by atoms with van der Waals surface area (Å²) in [7, 11) is 0. The summed E-state index contributed by atoms with van der Waals surface area (Å²) in [4.78, 5) is 0. The molecular weight excluding hydrogens is 311 g/mol. The molecule has 5 heteroatoms. The molecule has 2 aromatic carbocycles. The van der Waals surface area contributed by atoms with Crippen LogP contribution in [0.2, 0.25) is 0 Å². The first kappa shape index (κ1) is 13.4. The highest BCUT2D eigenvalue weighted by molar-refractivity contribution is 9.10. The maximum absolute atomic E-state index is 13.0. The average Bonchev–Trinajstić information content (AvgIpc) is 2.41. The second-order valence-corrected chi connectivity index (χ2v) is 4.80. The van der Waals surface area contributed by atoms with Crippen LogP contribution in [-0.4, -0.2) is 5.11 Å². The van der Waals surface area contributed by atoms with E-state index in [0.29, 0.717) is 16.7 Å². The van der Waals surface area contributed by atoms with E-state index >= 15 is 0 Å². The maximum Gasteiger partial charge on any atom is 0.129 e. The summed E-state index contributed by atoms with van der Waals surface area (Å²) < 4.78 is 13.6. The van der Waals surface area contributed by atoms with Gasteiger partial charge in [-0.1, -0.05) is 6.07 Å². The van der Waals surface area contributed by atoms with Crippen LogP contribution >= 0.6 is 15.9 Å². The van der Waals surface area contributed by atoms with Crippen molar-refractivity contribution in [2.75, 3.05) is 5.32 Å². The Labute approximate surface area is 118 Å². The van der Waals surface area contributed by atoms with E-state index in [9.17, 15) is 9.50 Å². The largest absolute Gasteiger partial charge is 0.507 e. The van der Waals surface area contributed by atoms with Gasteiger partial charge in [-0.15, -0.1) is 0 Å². The lowest BCUT2D eigenvalue weighted by Crippen LogP contribution is -2.01. The molecule has 2 N–H and O–H groups in total. The molecule has 0 aliphatic rings. The van der Waals surface area contributed by atoms with Gasteiger partial charge in [0.2, 0.25) is 0 Å². The normalized spacial score (nSPS) is 9.95. The fraction of sp³-hybridized carbons (Fsp3) is 0.0714. The molecule has 0 radical (unpaired) electrons. The van der Waals surface area contributed by atoms with Crippen LogP contribution < -0.4 is 5.32 Å². The Kier molecular flexibility index (Phi) is 4.03. The molecule has 0 saturated carbocycles. The Bertz CT molecular complexity index is 652. The molecule has 19 heavy (non-hydrogen) atoms. The van der Waals surface area contributed by atoms with Crippen LogP contribution in [0.3, 0.4) is 0 Å². The molecule has 3 nitrogen and oxygen atoms in total. The highest BCUT2D eigenvalue weighted by atomic mass is 79.9. The minimum Gasteiger partial charge on any atom is -0.507 e. The van der Waals surface area contributed by atoms with Crippen LogP contribution in [-0.2, 0) is 6.54 Å². The molecule has 0 aromatic heterocycles. The predicted molar refractivity (Wildman–Crippen MR) is 74.2 cm³/mol. The molecule has 0 atom stereocenters. The lowest BCUT2D eigenvalue weighted by atomic mass is 10.1. The first-order valence-electron chi connectivity index (χ1n) is 5.51. The smallest absolute Gasteiger partial charge is 0.129 e. The lowest BCUT2D eigenvalue weighted by Gasteiger charge is -2.09. The third kappa shape index (κ3) is 3.24. The van der Waals surface area contributed by atoms with Crippen molar-refractivity contribution in [3.8, 4) is 11.8 Å². The molecule has 2 aromatic rings. The van der Waals surface area contributed by atoms with E-state index in [1.54, 1.807) is 18.2 Å². The SMILES string of the molecule is N#Cc1cc(F)ccc1NCc1ccc(O)c(Br)c1. The van der Waals surface area contributed by atoms with E-state index in [2.05, 4.69) is 21.2 Å². The van der Waals surface area contributed by atoms with Crippen LogP contribution in [0.1, 0.15) is 11.1 Å². The summed E-state index contributed by atoms with van der Waals surface area (Å²) in [6.07, 6.45) is 0. The molecule has 0 unspecified atom stereocenters. The summed E-state index contributed by atoms with van der Waals surface area (Å²) in [6, 6.07) is 11.1. The third-order valence-corrected chi connectivity index (χ3v) is 3.23. The van der Waals surface area contributed by atoms with Gasteiger partial charge in [-0.2, -0.15) is 5.26 Å². The Balaban J connectivity index is 2.14. The van der Waals surface area contributed by atoms with Crippen molar-refractivity contribution >= 4 is 21.6 Å². The van der Waals surface area contributed by atoms with Gasteiger partial charge in [-0.05, 0) is 51.8 Å². The molecule has 0 aliphatic heterocycles. The number of rotatable bonds is 3. The summed E-state index contributed by atoms with van der Waals surface area (Å²) in [5.74, 6) is -0.266. The first-order chi connectivity index (χ1) is 9.10. The van der Waals surface area contributed by atoms with Crippen LogP contribution in [0, 0.1) is 17.1 Å². The van der Waals surface area contributed by atoms with Crippen molar-refractivity contribution in [2.24, 2.45) is 0 Å². The van der Waals surface area contributed by atoms with Crippen molar-refractivity contribution in [1.82, 2.24) is 0 Å². The van der Waals surface area contributed by atoms with E-state index in [4.69, 9.17) is 5.26 Å². The van der Waals surface area contributed by atoms with Crippen LogP contribution in [0.25, 0.3) is 0 Å². The number of aromatic hydroxyl groups is 1. The van der Waals surface area contributed by atoms with Crippen LogP contribution in [0.4, 0.5) is 10.1 Å². The Morgan fingerprint density at radius 3 is 2.74 bits per heavy atom. The predicted octanol–water partition coefficient (Wildman–Crippen LogP) is 3.78. The number of nitrogens with one attached hydrogen (secondary N) is 1. The van der Waals surface area contributed by atoms with Crippen LogP contribution in [0.15, 0.2) is 40.9 Å². The second kappa shape index (κ2) is 5.72. The quantitative estimate of drug-likeness (QED) is 0.904. The highest BCUT2D eigenvalue weighted by Crippen LogP contribution is 2.25. The van der Waals surface area contributed by atoms with Gasteiger partial charge < -0.3 is 10.4 Å². The standard InChI is InChI=1S/C14H10BrFN2O/c15-12-5-9(1-4-14(12)19)8-18-13-3-2-11(16)6-10(13)7-17/h1-6,18-19H,8H2. The summed E-state index contributed by atoms with van der Waals surface area (Å²) in [5.41, 5.74) is 1.77. The third-order valence-electron chi connectivity index (χ3n) is 2.60. The van der Waals surface area contributed by atoms with Gasteiger partial charge in [0.25, 0.3) is 0 Å². The number of benzene rings is 2. The van der Waals surface area contributed by atoms with Crippen molar-refractivity contribution in [2.45, 2.75) is 6.54 Å². The molecule has 0 amide bonds. The summed E-state index contributed by atoms with van der Waals surface area (Å²) >= 11 is 3.23. The topological polar surface area (TPSA) is 56.0 Å². The lowest BCUT2D eigenvalue weighted by molar-refractivity contribution is 0.471. The van der Waals surface area contributed by atoms with Crippen LogP contribution in [0.5, 0.6) is 5.75 Å². The molecule has 0 saturated heterocycles. The number of nitriles is 1. The molecule has 0 spiro atoms. The molecule has 0 fully saturated rings. The molecule has 2 rings (SSSR count). The minimum atomic E-state index is -0.436. The first-order valence-corrected chi connectivity index (χ1v) is 6.30. The molecule has 0 bridgehead atoms. The van der Waals surface area contributed by atoms with Gasteiger partial charge >= 0.3 is 0 Å². The summed E-state index contributed by atoms with van der Waals surface area (Å²) in [5, 5.41) is 21.4. The highest BCUT2D eigenvalue weighted by Gasteiger charge is 2.04. The number of phenols is 1. The van der Waals surface area contributed by atoms with Gasteiger partial charge in [0.05, 0.1) is 15.7 Å². The van der Waals surface area contributed by atoms with E-state index in [1.165, 1.54) is 18.2 Å². The zero-order valence-corrected chi connectivity index (χ0v) is 11.4. The van der Waals surface area contributed by atoms with E-state index in [-0.39, 0.29) is 11.3 Å². The molecule has 0 heterocycles. The molecule has 96 valence electrons. The van der Waals surface area contributed by atoms with E-state index in [0.717, 1.165) is 5.56 Å². The van der Waals surface area contributed by atoms with Crippen molar-refractivity contribution in [3.63, 3.8) is 0 Å². The van der Waals surface area contributed by atoms with Gasteiger partial charge in [-0.25, -0.2) is 4.39 Å². The van der Waals surface area contributed by atoms with Crippen molar-refractivity contribution in [3.05, 3.63) is 57.8 Å². The van der Waals surface area contributed by atoms with Crippen molar-refractivity contribution < 1.29 is 9.50 Å². The summed E-state index contributed by atoms with van der Waals surface area (Å²) in [6.45, 7) is 0.471. The minimum absolute atomic E-state index is 0.170. The number of anilines is 1. The Hall–Kier alpha value is -2.06. The number of halogens is 2. The monoisotopic (exact) mass is 320 g/mol. The molecule has 0 aliphatic carbocycles. The number of phenolic OH excluding ortho intramolecular Hbond substituents is 1. The maximum atomic E-state index is 13.0. The number of hydrogen-bond donors (Lipinski definition) is 2. The fourth-order valence-corrected chi connectivity index (χ4v) is 2.05. The Morgan fingerprint density at radius 2 is 2.05 bits per heavy atom. The fourth-order valence-electron chi connectivity index (χ4n) is 1.62. The average molecular weight is 321 g/mol. The number of hydrogen-bond acceptors (Lipinski definition) is 3. The van der Waals surface area contributed by atoms with Gasteiger partial charge in [0, 0.05) is 6.54 Å². The van der Waals surface area contributed by atoms with Crippen molar-refractivity contribution in [1.29, 1.82) is 5.26 Å². The Morgan fingerprint density at radius 1 is 1.26 bits per heavy atom. The zero-order valence-electron chi connectivity index (χ0n) is 9.82. The second-order valence-electron chi connectivity index (χ2n) is 3.94. The zero-order chi connectivity index (χ0) is 13.8. The van der Waals surface area contributed by atoms with E-state index in [1.807, 2.05) is 6.07 Å².